The van der Waals surface area contributed by atoms with Crippen LogP contribution in [-0.2, 0) is 4.74 Å². The molecule has 0 saturated carbocycles. The van der Waals surface area contributed by atoms with E-state index >= 15 is 0 Å². The van der Waals surface area contributed by atoms with E-state index in [0.29, 0.717) is 0 Å². The molecule has 0 fully saturated rings. The van der Waals surface area contributed by atoms with Crippen molar-refractivity contribution < 1.29 is 18.7 Å². The predicted molar refractivity (Wildman–Crippen MR) is 62.5 cm³/mol. The number of benzene rings is 1. The van der Waals surface area contributed by atoms with E-state index in [2.05, 4.69) is 0 Å². The predicted octanol–water partition coefficient (Wildman–Crippen LogP) is 2.37. The van der Waals surface area contributed by atoms with Crippen LogP contribution in [0.5, 0.6) is 5.75 Å². The number of rotatable bonds is 2. The van der Waals surface area contributed by atoms with Crippen molar-refractivity contribution in [3.05, 3.63) is 23.5 Å². The molecular formula is C12H16FNO3. The van der Waals surface area contributed by atoms with Crippen LogP contribution < -0.4 is 10.5 Å². The number of methoxy groups -OCH3 is 1. The van der Waals surface area contributed by atoms with Gasteiger partial charge in [-0.05, 0) is 32.9 Å². The highest BCUT2D eigenvalue weighted by atomic mass is 19.1. The van der Waals surface area contributed by atoms with E-state index in [1.165, 1.54) is 13.2 Å². The number of anilines is 1. The lowest BCUT2D eigenvalue weighted by atomic mass is 10.1. The number of ether oxygens (including phenoxy) is 2. The Morgan fingerprint density at radius 1 is 1.35 bits per heavy atom. The van der Waals surface area contributed by atoms with E-state index < -0.39 is 17.4 Å². The van der Waals surface area contributed by atoms with Gasteiger partial charge in [-0.1, -0.05) is 0 Å². The number of carbonyl (C=O) groups excluding carboxylic acids is 1. The molecule has 17 heavy (non-hydrogen) atoms. The third-order valence-electron chi connectivity index (χ3n) is 1.91. The molecule has 0 radical (unpaired) electrons. The van der Waals surface area contributed by atoms with Gasteiger partial charge in [0.2, 0.25) is 0 Å². The molecular weight excluding hydrogens is 225 g/mol. The number of carbonyl (C=O) groups is 1. The first-order valence-electron chi connectivity index (χ1n) is 5.11. The molecule has 0 atom stereocenters. The van der Waals surface area contributed by atoms with Crippen LogP contribution in [0.3, 0.4) is 0 Å². The maximum absolute atomic E-state index is 13.5. The van der Waals surface area contributed by atoms with E-state index in [0.717, 1.165) is 6.07 Å². The fourth-order valence-electron chi connectivity index (χ4n) is 1.28. The van der Waals surface area contributed by atoms with Gasteiger partial charge < -0.3 is 15.2 Å². The Morgan fingerprint density at radius 2 is 1.94 bits per heavy atom. The quantitative estimate of drug-likeness (QED) is 0.637. The average molecular weight is 241 g/mol. The summed E-state index contributed by atoms with van der Waals surface area (Å²) in [6, 6.07) is 2.37. The molecule has 0 spiro atoms. The Hall–Kier alpha value is -1.78. The molecule has 0 bridgehead atoms. The van der Waals surface area contributed by atoms with Gasteiger partial charge in [-0.15, -0.1) is 0 Å². The number of hydrogen-bond acceptors (Lipinski definition) is 4. The maximum atomic E-state index is 13.5. The minimum atomic E-state index is -0.687. The number of esters is 1. The Labute approximate surface area is 99.5 Å². The molecule has 4 nitrogen and oxygen atoms in total. The molecule has 0 aromatic heterocycles. The number of nitrogens with two attached hydrogens (primary N) is 1. The van der Waals surface area contributed by atoms with Gasteiger partial charge in [-0.2, -0.15) is 0 Å². The van der Waals surface area contributed by atoms with Gasteiger partial charge in [0, 0.05) is 0 Å². The zero-order valence-corrected chi connectivity index (χ0v) is 10.3. The SMILES string of the molecule is COc1c(N)cc(C(=O)OC(C)(C)C)cc1F. The molecule has 0 aliphatic heterocycles. The Balaban J connectivity index is 3.05. The van der Waals surface area contributed by atoms with Crippen LogP contribution in [0.2, 0.25) is 0 Å². The van der Waals surface area contributed by atoms with Crippen LogP contribution >= 0.6 is 0 Å². The summed E-state index contributed by atoms with van der Waals surface area (Å²) in [6.45, 7) is 5.19. The molecule has 0 aliphatic carbocycles. The van der Waals surface area contributed by atoms with Crippen molar-refractivity contribution in [2.75, 3.05) is 12.8 Å². The Kier molecular flexibility index (Phi) is 3.60. The van der Waals surface area contributed by atoms with E-state index in [1.807, 2.05) is 0 Å². The van der Waals surface area contributed by atoms with Gasteiger partial charge in [0.05, 0.1) is 18.4 Å². The summed E-state index contributed by atoms with van der Waals surface area (Å²) in [4.78, 5) is 11.7. The summed E-state index contributed by atoms with van der Waals surface area (Å²) in [5.41, 5.74) is 5.05. The summed E-state index contributed by atoms with van der Waals surface area (Å²) in [7, 11) is 1.31. The number of halogens is 1. The molecule has 0 unspecified atom stereocenters. The maximum Gasteiger partial charge on any atom is 0.338 e. The van der Waals surface area contributed by atoms with E-state index in [4.69, 9.17) is 15.2 Å². The number of hydrogen-bond donors (Lipinski definition) is 1. The molecule has 94 valence electrons. The first kappa shape index (κ1) is 13.3. The third kappa shape index (κ3) is 3.34. The Morgan fingerprint density at radius 3 is 2.35 bits per heavy atom. The molecule has 0 saturated heterocycles. The summed E-state index contributed by atoms with van der Waals surface area (Å²) in [6.07, 6.45) is 0. The van der Waals surface area contributed by atoms with Gasteiger partial charge in [0.15, 0.2) is 11.6 Å². The molecule has 0 aliphatic rings. The standard InChI is InChI=1S/C12H16FNO3/c1-12(2,3)17-11(15)7-5-8(13)10(16-4)9(14)6-7/h5-6H,14H2,1-4H3. The second kappa shape index (κ2) is 4.61. The van der Waals surface area contributed by atoms with E-state index in [1.54, 1.807) is 20.8 Å². The summed E-state index contributed by atoms with van der Waals surface area (Å²) in [5.74, 6) is -1.38. The summed E-state index contributed by atoms with van der Waals surface area (Å²) in [5, 5.41) is 0. The first-order valence-corrected chi connectivity index (χ1v) is 5.11. The lowest BCUT2D eigenvalue weighted by Gasteiger charge is -2.19. The highest BCUT2D eigenvalue weighted by Crippen LogP contribution is 2.27. The van der Waals surface area contributed by atoms with Crippen molar-refractivity contribution in [3.8, 4) is 5.75 Å². The average Bonchev–Trinajstić information content (AvgIpc) is 2.14. The van der Waals surface area contributed by atoms with Gasteiger partial charge in [0.25, 0.3) is 0 Å². The topological polar surface area (TPSA) is 61.5 Å². The van der Waals surface area contributed by atoms with Crippen molar-refractivity contribution in [1.82, 2.24) is 0 Å². The monoisotopic (exact) mass is 241 g/mol. The minimum absolute atomic E-state index is 0.0633. The molecule has 0 amide bonds. The highest BCUT2D eigenvalue weighted by molar-refractivity contribution is 5.91. The van der Waals surface area contributed by atoms with Crippen LogP contribution in [0, 0.1) is 5.82 Å². The van der Waals surface area contributed by atoms with Gasteiger partial charge in [-0.3, -0.25) is 0 Å². The molecule has 5 heteroatoms. The van der Waals surface area contributed by atoms with Gasteiger partial charge in [-0.25, -0.2) is 9.18 Å². The summed E-state index contributed by atoms with van der Waals surface area (Å²) < 4.78 is 23.4. The van der Waals surface area contributed by atoms with Crippen LogP contribution in [0.1, 0.15) is 31.1 Å². The third-order valence-corrected chi connectivity index (χ3v) is 1.91. The van der Waals surface area contributed by atoms with Crippen LogP contribution in [-0.4, -0.2) is 18.7 Å². The second-order valence-electron chi connectivity index (χ2n) is 4.58. The fraction of sp³-hybridized carbons (Fsp3) is 0.417. The Bertz CT molecular complexity index is 415. The fourth-order valence-corrected chi connectivity index (χ4v) is 1.28. The van der Waals surface area contributed by atoms with Gasteiger partial charge >= 0.3 is 5.97 Å². The molecule has 1 aromatic carbocycles. The highest BCUT2D eigenvalue weighted by Gasteiger charge is 2.20. The molecule has 1 rings (SSSR count). The summed E-state index contributed by atoms with van der Waals surface area (Å²) >= 11 is 0. The second-order valence-corrected chi connectivity index (χ2v) is 4.58. The van der Waals surface area contributed by atoms with Crippen LogP contribution in [0.4, 0.5) is 10.1 Å². The molecule has 1 aromatic rings. The zero-order valence-electron chi connectivity index (χ0n) is 10.3. The normalized spacial score (nSPS) is 11.1. The van der Waals surface area contributed by atoms with Crippen molar-refractivity contribution in [2.45, 2.75) is 26.4 Å². The van der Waals surface area contributed by atoms with E-state index in [-0.39, 0.29) is 17.0 Å². The number of nitrogen functional groups attached to an aromatic ring is 1. The minimum Gasteiger partial charge on any atom is -0.492 e. The first-order chi connectivity index (χ1) is 7.74. The van der Waals surface area contributed by atoms with Crippen LogP contribution in [0.15, 0.2) is 12.1 Å². The zero-order chi connectivity index (χ0) is 13.2. The lowest BCUT2D eigenvalue weighted by molar-refractivity contribution is 0.00690. The van der Waals surface area contributed by atoms with Crippen molar-refractivity contribution in [1.29, 1.82) is 0 Å². The van der Waals surface area contributed by atoms with Crippen molar-refractivity contribution in [2.24, 2.45) is 0 Å². The van der Waals surface area contributed by atoms with Crippen molar-refractivity contribution >= 4 is 11.7 Å². The van der Waals surface area contributed by atoms with Gasteiger partial charge in [0.1, 0.15) is 5.60 Å². The van der Waals surface area contributed by atoms with Crippen LogP contribution in [0.25, 0.3) is 0 Å². The smallest absolute Gasteiger partial charge is 0.338 e. The molecule has 2 N–H and O–H groups in total. The van der Waals surface area contributed by atoms with Crippen molar-refractivity contribution in [3.63, 3.8) is 0 Å². The van der Waals surface area contributed by atoms with E-state index in [9.17, 15) is 9.18 Å². The largest absolute Gasteiger partial charge is 0.492 e. The molecule has 0 heterocycles. The lowest BCUT2D eigenvalue weighted by Crippen LogP contribution is -2.24.